The van der Waals surface area contributed by atoms with Crippen LogP contribution in [0.4, 0.5) is 0 Å². The van der Waals surface area contributed by atoms with E-state index >= 15 is 0 Å². The van der Waals surface area contributed by atoms with E-state index in [4.69, 9.17) is 0 Å². The van der Waals surface area contributed by atoms with Gasteiger partial charge in [0, 0.05) is 14.7 Å². The van der Waals surface area contributed by atoms with E-state index in [1.807, 2.05) is 0 Å². The van der Waals surface area contributed by atoms with Crippen molar-refractivity contribution in [2.75, 3.05) is 0 Å². The Bertz CT molecular complexity index is 433. The van der Waals surface area contributed by atoms with Gasteiger partial charge < -0.3 is 5.41 Å². The minimum atomic E-state index is -3.32. The number of rotatable bonds is 3. The van der Waals surface area contributed by atoms with Gasteiger partial charge in [0.2, 0.25) is 0 Å². The second-order valence-corrected chi connectivity index (χ2v) is 5.15. The summed E-state index contributed by atoms with van der Waals surface area (Å²) < 4.78 is 23.2. The quantitative estimate of drug-likeness (QED) is 0.487. The van der Waals surface area contributed by atoms with Crippen molar-refractivity contribution in [1.82, 2.24) is 0 Å². The monoisotopic (exact) mass is 214 g/mol. The summed E-state index contributed by atoms with van der Waals surface area (Å²) in [6, 6.07) is 8.40. The maximum Gasteiger partial charge on any atom is 1.00 e. The van der Waals surface area contributed by atoms with Gasteiger partial charge in [-0.15, -0.1) is 0 Å². The maximum atomic E-state index is 11.6. The third-order valence-electron chi connectivity index (χ3n) is 2.13. The normalized spacial score (nSPS) is 16.3. The first-order valence-corrected chi connectivity index (χ1v) is 6.07. The van der Waals surface area contributed by atoms with Gasteiger partial charge in [0.1, 0.15) is 0 Å². The average Bonchev–Trinajstić information content (AvgIpc) is 3.00. The van der Waals surface area contributed by atoms with Crippen LogP contribution in [0.1, 0.15) is 12.8 Å². The summed E-state index contributed by atoms with van der Waals surface area (Å²) in [6.45, 7) is 0. The molecule has 0 amide bonds. The van der Waals surface area contributed by atoms with Crippen molar-refractivity contribution in [3.8, 4) is 0 Å². The van der Waals surface area contributed by atoms with Gasteiger partial charge in [-0.2, -0.15) is 0 Å². The summed E-state index contributed by atoms with van der Waals surface area (Å²) in [5.74, 6) is 0.438. The van der Waals surface area contributed by atoms with Gasteiger partial charge in [-0.1, -0.05) is 24.1 Å². The van der Waals surface area contributed by atoms with Crippen LogP contribution in [0.25, 0.3) is 0 Å². The van der Waals surface area contributed by atoms with Crippen molar-refractivity contribution < 1.29 is 27.3 Å². The fourth-order valence-electron chi connectivity index (χ4n) is 1.12. The van der Waals surface area contributed by atoms with Crippen LogP contribution in [-0.2, 0) is 9.84 Å². The molecule has 0 unspecified atom stereocenters. The van der Waals surface area contributed by atoms with Crippen molar-refractivity contribution in [2.24, 2.45) is 5.92 Å². The third-order valence-corrected chi connectivity index (χ3v) is 3.47. The zero-order valence-electron chi connectivity index (χ0n) is 8.68. The molecule has 15 heavy (non-hydrogen) atoms. The molecule has 0 aliphatic heterocycles. The molecule has 4 heteroatoms. The molecule has 0 heterocycles. The van der Waals surface area contributed by atoms with E-state index in [-0.39, 0.29) is 18.9 Å². The molecular weight excluding hydrogens is 203 g/mol. The Hall–Kier alpha value is -0.493. The van der Waals surface area contributed by atoms with E-state index < -0.39 is 9.84 Å². The molecule has 1 aromatic rings. The molecule has 1 aromatic carbocycles. The van der Waals surface area contributed by atoms with E-state index in [0.29, 0.717) is 10.8 Å². The molecule has 0 bridgehead atoms. The Morgan fingerprint density at radius 2 is 1.80 bits per heavy atom. The van der Waals surface area contributed by atoms with E-state index in [1.54, 1.807) is 36.4 Å². The summed E-state index contributed by atoms with van der Waals surface area (Å²) in [7, 11) is -3.32. The molecule has 1 fully saturated rings. The van der Waals surface area contributed by atoms with Crippen LogP contribution in [0, 0.1) is 11.3 Å². The number of hydrogen-bond acceptors (Lipinski definition) is 2. The molecule has 0 saturated heterocycles. The summed E-state index contributed by atoms with van der Waals surface area (Å²) in [4.78, 5) is 0.317. The van der Waals surface area contributed by atoms with E-state index in [0.717, 1.165) is 12.8 Å². The zero-order valence-corrected chi connectivity index (χ0v) is 9.50. The van der Waals surface area contributed by atoms with Crippen molar-refractivity contribution in [1.29, 1.82) is 0 Å². The molecule has 2 nitrogen and oxygen atoms in total. The number of sulfone groups is 1. The molecule has 0 atom stereocenters. The molecule has 1 aliphatic carbocycles. The Morgan fingerprint density at radius 1 is 1.20 bits per heavy atom. The number of hydrogen-bond donors (Lipinski definition) is 0. The molecule has 1 aliphatic rings. The first-order chi connectivity index (χ1) is 6.68. The summed E-state index contributed by atoms with van der Waals surface area (Å²) in [5, 5.41) is 2.48. The molecule has 0 spiro atoms. The van der Waals surface area contributed by atoms with Crippen molar-refractivity contribution in [3.05, 3.63) is 41.8 Å². The van der Waals surface area contributed by atoms with Crippen molar-refractivity contribution in [3.63, 3.8) is 0 Å². The maximum absolute atomic E-state index is 11.6. The summed E-state index contributed by atoms with van der Waals surface area (Å²) >= 11 is 0. The molecule has 2 rings (SSSR count). The fourth-order valence-corrected chi connectivity index (χ4v) is 2.14. The number of benzene rings is 1. The second kappa shape index (κ2) is 5.02. The van der Waals surface area contributed by atoms with E-state index in [1.165, 1.54) is 0 Å². The van der Waals surface area contributed by atoms with Crippen LogP contribution >= 0.6 is 0 Å². The first-order valence-electron chi connectivity index (χ1n) is 4.59. The Balaban J connectivity index is 0.00000112. The minimum absolute atomic E-state index is 0. The van der Waals surface area contributed by atoms with Crippen LogP contribution in [0.15, 0.2) is 41.3 Å². The molecule has 0 aromatic heterocycles. The topological polar surface area (TPSA) is 34.1 Å². The van der Waals surface area contributed by atoms with Gasteiger partial charge in [-0.05, 0) is 25.0 Å². The Labute approximate surface area is 102 Å². The smallest absolute Gasteiger partial charge is 0.363 e. The van der Waals surface area contributed by atoms with Crippen LogP contribution in [0.2, 0.25) is 0 Å². The molecule has 1 saturated carbocycles. The summed E-state index contributed by atoms with van der Waals surface area (Å²) in [6.07, 6.45) is 3.86. The first kappa shape index (κ1) is 12.6. The van der Waals surface area contributed by atoms with Gasteiger partial charge in [0.25, 0.3) is 0 Å². The predicted octanol–water partition coefficient (Wildman–Crippen LogP) is -0.809. The standard InChI is InChI=1S/C11H11O2S.Li/c12-14(13,9-8-10-6-7-10)11-4-2-1-3-5-11;/h1-5,8,10H,6-7H2;/q-1;+1. The van der Waals surface area contributed by atoms with Crippen LogP contribution in [0.5, 0.6) is 0 Å². The molecule has 0 N–H and O–H groups in total. The molecular formula is C11H11LiO2S. The summed E-state index contributed by atoms with van der Waals surface area (Å²) in [5.41, 5.74) is 0. The van der Waals surface area contributed by atoms with E-state index in [2.05, 4.69) is 5.41 Å². The van der Waals surface area contributed by atoms with Crippen LogP contribution in [0.3, 0.4) is 0 Å². The van der Waals surface area contributed by atoms with Gasteiger partial charge in [-0.25, -0.2) is 0 Å². The zero-order chi connectivity index (χ0) is 10.0. The van der Waals surface area contributed by atoms with Crippen molar-refractivity contribution >= 4 is 9.84 Å². The predicted molar refractivity (Wildman–Crippen MR) is 54.2 cm³/mol. The second-order valence-electron chi connectivity index (χ2n) is 3.44. The SMILES string of the molecule is O=S(=O)([C-]=CC1CC1)c1ccccc1.[Li+]. The van der Waals surface area contributed by atoms with E-state index in [9.17, 15) is 8.42 Å². The average molecular weight is 214 g/mol. The third kappa shape index (κ3) is 3.53. The van der Waals surface area contributed by atoms with Gasteiger partial charge in [-0.3, -0.25) is 14.5 Å². The van der Waals surface area contributed by atoms with Gasteiger partial charge in [0.05, 0.1) is 0 Å². The Kier molecular flexibility index (Phi) is 4.21. The fraction of sp³-hybridized carbons (Fsp3) is 0.273. The van der Waals surface area contributed by atoms with Crippen molar-refractivity contribution in [2.45, 2.75) is 17.7 Å². The Morgan fingerprint density at radius 3 is 2.33 bits per heavy atom. The molecule has 0 radical (unpaired) electrons. The largest absolute Gasteiger partial charge is 1.00 e. The minimum Gasteiger partial charge on any atom is -0.363 e. The van der Waals surface area contributed by atoms with Crippen LogP contribution in [-0.4, -0.2) is 8.42 Å². The van der Waals surface area contributed by atoms with Gasteiger partial charge >= 0.3 is 18.9 Å². The molecule has 74 valence electrons. The van der Waals surface area contributed by atoms with Crippen LogP contribution < -0.4 is 18.9 Å². The van der Waals surface area contributed by atoms with Gasteiger partial charge in [0.15, 0.2) is 0 Å². The number of allylic oxidation sites excluding steroid dienone is 1.